The molecule has 9 nitrogen and oxygen atoms in total. The first kappa shape index (κ1) is 19.8. The minimum Gasteiger partial charge on any atom is -0.344 e. The van der Waals surface area contributed by atoms with E-state index in [1.165, 1.54) is 11.2 Å². The highest BCUT2D eigenvalue weighted by Crippen LogP contribution is 2.36. The zero-order valence-corrected chi connectivity index (χ0v) is 16.1. The van der Waals surface area contributed by atoms with Crippen molar-refractivity contribution in [3.05, 3.63) is 41.1 Å². The van der Waals surface area contributed by atoms with Gasteiger partial charge in [-0.15, -0.1) is 0 Å². The summed E-state index contributed by atoms with van der Waals surface area (Å²) in [5, 5.41) is 15.0. The fourth-order valence-corrected chi connectivity index (χ4v) is 3.78. The Labute approximate surface area is 167 Å². The highest BCUT2D eigenvalue weighted by molar-refractivity contribution is 6.33. The van der Waals surface area contributed by atoms with Crippen LogP contribution >= 0.6 is 11.6 Å². The highest BCUT2D eigenvalue weighted by atomic mass is 35.5. The van der Waals surface area contributed by atoms with E-state index in [2.05, 4.69) is 26.7 Å². The lowest BCUT2D eigenvalue weighted by Gasteiger charge is -2.42. The summed E-state index contributed by atoms with van der Waals surface area (Å²) in [6, 6.07) is 3.82. The van der Waals surface area contributed by atoms with Crippen molar-refractivity contribution in [2.45, 2.75) is 25.4 Å². The highest BCUT2D eigenvalue weighted by Gasteiger charge is 2.50. The summed E-state index contributed by atoms with van der Waals surface area (Å²) >= 11 is 6.41. The van der Waals surface area contributed by atoms with Gasteiger partial charge in [0.25, 0.3) is 5.91 Å². The Morgan fingerprint density at radius 3 is 2.86 bits per heavy atom. The van der Waals surface area contributed by atoms with Crippen molar-refractivity contribution in [3.8, 4) is 6.07 Å². The van der Waals surface area contributed by atoms with E-state index in [9.17, 15) is 9.59 Å². The number of nitrogens with zero attached hydrogens (tertiary/aromatic N) is 5. The molecule has 28 heavy (non-hydrogen) atoms. The first-order valence-electron chi connectivity index (χ1n) is 8.76. The van der Waals surface area contributed by atoms with E-state index in [0.717, 1.165) is 0 Å². The van der Waals surface area contributed by atoms with Crippen molar-refractivity contribution in [1.29, 1.82) is 5.26 Å². The molecule has 3 heterocycles. The minimum absolute atomic E-state index is 0.120. The average Bonchev–Trinajstić information content (AvgIpc) is 2.95. The van der Waals surface area contributed by atoms with Gasteiger partial charge in [0.15, 0.2) is 0 Å². The van der Waals surface area contributed by atoms with Gasteiger partial charge in [-0.05, 0) is 19.1 Å². The summed E-state index contributed by atoms with van der Waals surface area (Å²) in [6.45, 7) is 3.31. The van der Waals surface area contributed by atoms with Crippen molar-refractivity contribution in [2.75, 3.05) is 25.0 Å². The lowest BCUT2D eigenvalue weighted by molar-refractivity contribution is -0.122. The molecule has 1 aromatic heterocycles. The molecular weight excluding hydrogens is 382 g/mol. The number of nitrogens with one attached hydrogen (secondary N) is 2. The van der Waals surface area contributed by atoms with Crippen LogP contribution in [0, 0.1) is 11.3 Å². The lowest BCUT2D eigenvalue weighted by atomic mass is 9.96. The predicted octanol–water partition coefficient (Wildman–Crippen LogP) is 1.15. The SMILES string of the molecule is C/C(=C\C(Cl)=C1\C(=O)NC2(CCN(CC#N)CC2)N1C=O)Nc1ccncn1. The van der Waals surface area contributed by atoms with E-state index >= 15 is 0 Å². The Morgan fingerprint density at radius 1 is 1.50 bits per heavy atom. The number of anilines is 1. The fourth-order valence-electron chi connectivity index (χ4n) is 3.44. The molecule has 0 aliphatic carbocycles. The third-order valence-corrected chi connectivity index (χ3v) is 5.11. The van der Waals surface area contributed by atoms with Crippen molar-refractivity contribution >= 4 is 29.7 Å². The fraction of sp³-hybridized carbons (Fsp3) is 0.389. The normalized spacial score (nSPS) is 21.2. The van der Waals surface area contributed by atoms with Gasteiger partial charge in [0.1, 0.15) is 23.5 Å². The maximum Gasteiger partial charge on any atom is 0.271 e. The van der Waals surface area contributed by atoms with Crippen LogP contribution in [0.15, 0.2) is 41.1 Å². The summed E-state index contributed by atoms with van der Waals surface area (Å²) in [6.07, 6.45) is 6.28. The average molecular weight is 402 g/mol. The van der Waals surface area contributed by atoms with Gasteiger partial charge in [-0.1, -0.05) is 11.6 Å². The third kappa shape index (κ3) is 3.98. The van der Waals surface area contributed by atoms with Crippen LogP contribution in [-0.2, 0) is 9.59 Å². The number of nitriles is 1. The monoisotopic (exact) mass is 401 g/mol. The molecule has 2 N–H and O–H groups in total. The molecule has 0 radical (unpaired) electrons. The summed E-state index contributed by atoms with van der Waals surface area (Å²) in [4.78, 5) is 35.7. The summed E-state index contributed by atoms with van der Waals surface area (Å²) < 4.78 is 0. The molecule has 2 aliphatic heterocycles. The Bertz CT molecular complexity index is 854. The number of hydrogen-bond donors (Lipinski definition) is 2. The number of likely N-dealkylation sites (tertiary alicyclic amines) is 1. The van der Waals surface area contributed by atoms with Crippen molar-refractivity contribution in [1.82, 2.24) is 25.1 Å². The summed E-state index contributed by atoms with van der Waals surface area (Å²) in [5.74, 6) is 0.194. The van der Waals surface area contributed by atoms with Gasteiger partial charge in [0.2, 0.25) is 6.41 Å². The molecule has 2 aliphatic rings. The molecule has 2 saturated heterocycles. The van der Waals surface area contributed by atoms with Crippen molar-refractivity contribution < 1.29 is 9.59 Å². The zero-order chi connectivity index (χ0) is 20.1. The van der Waals surface area contributed by atoms with E-state index in [1.54, 1.807) is 25.3 Å². The van der Waals surface area contributed by atoms with Crippen LogP contribution < -0.4 is 10.6 Å². The number of rotatable bonds is 5. The Morgan fingerprint density at radius 2 is 2.25 bits per heavy atom. The van der Waals surface area contributed by atoms with E-state index in [1.807, 2.05) is 4.90 Å². The molecule has 3 rings (SSSR count). The van der Waals surface area contributed by atoms with Crippen LogP contribution in [0.5, 0.6) is 0 Å². The molecule has 1 aromatic rings. The standard InChI is InChI=1S/C18H20ClN7O2/c1-13(23-15-2-6-21-11-22-15)10-14(19)16-17(28)24-18(26(16)12-27)3-7-25(8-4-18)9-5-20/h2,6,10-12H,3-4,7-9H2,1H3,(H,24,28)(H,21,22,23)/b13-10+,16-14+. The van der Waals surface area contributed by atoms with E-state index < -0.39 is 11.6 Å². The third-order valence-electron chi connectivity index (χ3n) is 4.82. The van der Waals surface area contributed by atoms with Gasteiger partial charge in [-0.2, -0.15) is 5.26 Å². The molecular formula is C18H20ClN7O2. The van der Waals surface area contributed by atoms with E-state index in [0.29, 0.717) is 50.4 Å². The number of carbonyl (C=O) groups is 2. The topological polar surface area (TPSA) is 114 Å². The summed E-state index contributed by atoms with van der Waals surface area (Å²) in [7, 11) is 0. The largest absolute Gasteiger partial charge is 0.344 e. The second kappa shape index (κ2) is 8.37. The molecule has 0 unspecified atom stereocenters. The van der Waals surface area contributed by atoms with Gasteiger partial charge in [-0.25, -0.2) is 9.97 Å². The molecule has 0 atom stereocenters. The number of aromatic nitrogens is 2. The number of piperidine rings is 1. The molecule has 2 amide bonds. The Hall–Kier alpha value is -2.96. The van der Waals surface area contributed by atoms with Crippen LogP contribution in [0.3, 0.4) is 0 Å². The number of hydrogen-bond acceptors (Lipinski definition) is 7. The number of carbonyl (C=O) groups excluding carboxylic acids is 2. The molecule has 0 saturated carbocycles. The first-order chi connectivity index (χ1) is 13.5. The Kier molecular flexibility index (Phi) is 5.92. The van der Waals surface area contributed by atoms with Gasteiger partial charge in [-0.3, -0.25) is 19.4 Å². The predicted molar refractivity (Wildman–Crippen MR) is 102 cm³/mol. The zero-order valence-electron chi connectivity index (χ0n) is 15.4. The van der Waals surface area contributed by atoms with Crippen LogP contribution in [-0.4, -0.2) is 57.4 Å². The van der Waals surface area contributed by atoms with Crippen LogP contribution in [0.4, 0.5) is 5.82 Å². The number of amides is 2. The van der Waals surface area contributed by atoms with Crippen LogP contribution in [0.1, 0.15) is 19.8 Å². The van der Waals surface area contributed by atoms with E-state index in [-0.39, 0.29) is 10.7 Å². The van der Waals surface area contributed by atoms with Crippen molar-refractivity contribution in [3.63, 3.8) is 0 Å². The first-order valence-corrected chi connectivity index (χ1v) is 9.14. The van der Waals surface area contributed by atoms with Crippen LogP contribution in [0.2, 0.25) is 0 Å². The molecule has 1 spiro atoms. The van der Waals surface area contributed by atoms with Gasteiger partial charge < -0.3 is 10.6 Å². The van der Waals surface area contributed by atoms with Crippen molar-refractivity contribution in [2.24, 2.45) is 0 Å². The van der Waals surface area contributed by atoms with E-state index in [4.69, 9.17) is 16.9 Å². The quantitative estimate of drug-likeness (QED) is 0.432. The van der Waals surface area contributed by atoms with Gasteiger partial charge in [0.05, 0.1) is 17.6 Å². The number of allylic oxidation sites excluding steroid dienone is 3. The maximum absolute atomic E-state index is 12.6. The maximum atomic E-state index is 12.6. The molecule has 0 aromatic carbocycles. The molecule has 0 bridgehead atoms. The smallest absolute Gasteiger partial charge is 0.271 e. The molecule has 10 heteroatoms. The molecule has 2 fully saturated rings. The second-order valence-corrected chi connectivity index (χ2v) is 7.05. The summed E-state index contributed by atoms with van der Waals surface area (Å²) in [5.41, 5.74) is -0.0314. The lowest BCUT2D eigenvalue weighted by Crippen LogP contribution is -2.57. The molecule has 146 valence electrons. The minimum atomic E-state index is -0.803. The van der Waals surface area contributed by atoms with Crippen LogP contribution in [0.25, 0.3) is 0 Å². The second-order valence-electron chi connectivity index (χ2n) is 6.64. The Balaban J connectivity index is 1.82. The van der Waals surface area contributed by atoms with Gasteiger partial charge >= 0.3 is 0 Å². The van der Waals surface area contributed by atoms with Gasteiger partial charge in [0, 0.05) is 37.8 Å². The number of halogens is 1.